The molecule has 32 valence electrons. The van der Waals surface area contributed by atoms with Gasteiger partial charge in [-0.1, -0.05) is 12.8 Å². The fourth-order valence-electron chi connectivity index (χ4n) is 0. The third-order valence-electron chi connectivity index (χ3n) is 0.180. The average molecular weight is 213 g/mol. The maximum Gasteiger partial charge on any atom is 0.279 e. The van der Waals surface area contributed by atoms with E-state index in [1.54, 1.807) is 0 Å². The maximum absolute atomic E-state index is 9.85. The Morgan fingerprint density at radius 1 is 2.00 bits per heavy atom. The molecule has 0 aliphatic heterocycles. The van der Waals surface area contributed by atoms with Gasteiger partial charge in [-0.3, -0.25) is 4.79 Å². The quantitative estimate of drug-likeness (QED) is 0.207. The van der Waals surface area contributed by atoms with Gasteiger partial charge in [0.15, 0.2) is 0 Å². The van der Waals surface area contributed by atoms with Crippen LogP contribution in [0.2, 0.25) is 0 Å². The molecule has 0 aromatic rings. The lowest BCUT2D eigenvalue weighted by Gasteiger charge is -1.99. The lowest BCUT2D eigenvalue weighted by Crippen LogP contribution is -2.07. The highest BCUT2D eigenvalue weighted by Gasteiger charge is 1.91. The molecule has 2 nitrogen and oxygen atoms in total. The van der Waals surface area contributed by atoms with Crippen LogP contribution < -0.4 is 0 Å². The van der Waals surface area contributed by atoms with Crippen molar-refractivity contribution in [2.45, 2.75) is 0 Å². The minimum Gasteiger partial charge on any atom is -0.339 e. The Kier molecular flexibility index (Phi) is 3.01. The van der Waals surface area contributed by atoms with Crippen LogP contribution in [0.1, 0.15) is 0 Å². The van der Waals surface area contributed by atoms with Crippen LogP contribution in [0.3, 0.4) is 0 Å². The van der Waals surface area contributed by atoms with Crippen molar-refractivity contribution in [1.82, 2.24) is 4.22 Å². The van der Waals surface area contributed by atoms with Gasteiger partial charge < -0.3 is 4.22 Å². The Hall–Kier alpha value is 0.615. The first-order chi connectivity index (χ1) is 2.64. The topological polar surface area (TPSA) is 20.3 Å². The standard InChI is InChI=1S/CHBINOS/c2-4(6)1(3)5/h6H. The van der Waals surface area contributed by atoms with Crippen molar-refractivity contribution in [3.63, 3.8) is 0 Å². The van der Waals surface area contributed by atoms with Gasteiger partial charge in [0.05, 0.1) is 0 Å². The highest BCUT2D eigenvalue weighted by molar-refractivity contribution is 14.1. The van der Waals surface area contributed by atoms with Crippen molar-refractivity contribution < 1.29 is 4.79 Å². The minimum atomic E-state index is -0.295. The van der Waals surface area contributed by atoms with Crippen molar-refractivity contribution in [2.24, 2.45) is 0 Å². The molecule has 0 aromatic carbocycles. The van der Waals surface area contributed by atoms with Crippen molar-refractivity contribution >= 4 is 47.3 Å². The monoisotopic (exact) mass is 213 g/mol. The zero-order valence-corrected chi connectivity index (χ0v) is 5.81. The zero-order valence-electron chi connectivity index (χ0n) is 2.76. The van der Waals surface area contributed by atoms with E-state index >= 15 is 0 Å². The van der Waals surface area contributed by atoms with Gasteiger partial charge in [-0.15, -0.1) is 0 Å². The van der Waals surface area contributed by atoms with Crippen LogP contribution in [0.15, 0.2) is 0 Å². The molecule has 0 rings (SSSR count). The molecule has 6 heavy (non-hydrogen) atoms. The summed E-state index contributed by atoms with van der Waals surface area (Å²) in [5.74, 6) is 0. The number of thiol groups is 1. The second-order valence-corrected chi connectivity index (χ2v) is 1.95. The number of carbonyl (C=O) groups excluding carboxylic acids is 1. The summed E-state index contributed by atoms with van der Waals surface area (Å²) in [6.45, 7) is 0. The maximum atomic E-state index is 9.85. The van der Waals surface area contributed by atoms with Crippen LogP contribution in [0.5, 0.6) is 0 Å². The molecule has 0 heterocycles. The largest absolute Gasteiger partial charge is 0.339 e. The van der Waals surface area contributed by atoms with Crippen LogP contribution in [-0.4, -0.2) is 16.1 Å². The molecule has 0 atom stereocenters. The molecule has 0 saturated heterocycles. The minimum absolute atomic E-state index is 0.295. The first kappa shape index (κ1) is 6.61. The number of amides is 1. The number of carbonyl (C=O) groups is 1. The van der Waals surface area contributed by atoms with Crippen molar-refractivity contribution in [3.05, 3.63) is 0 Å². The first-order valence-electron chi connectivity index (χ1n) is 1.07. The molecular formula is CHBINOS. The summed E-state index contributed by atoms with van der Waals surface area (Å²) in [5.41, 5.74) is 0. The van der Waals surface area contributed by atoms with Crippen LogP contribution in [0.25, 0.3) is 0 Å². The van der Waals surface area contributed by atoms with E-state index in [-0.39, 0.29) is 3.91 Å². The number of hydrogen-bond donors (Lipinski definition) is 1. The third kappa shape index (κ3) is 2.83. The van der Waals surface area contributed by atoms with Gasteiger partial charge in [-0.05, 0) is 0 Å². The lowest BCUT2D eigenvalue weighted by atomic mass is 10.5. The van der Waals surface area contributed by atoms with E-state index in [2.05, 4.69) is 12.8 Å². The summed E-state index contributed by atoms with van der Waals surface area (Å²) < 4.78 is 0.413. The van der Waals surface area contributed by atoms with Gasteiger partial charge in [-0.2, -0.15) is 0 Å². The summed E-state index contributed by atoms with van der Waals surface area (Å²) in [4.78, 5) is 9.85. The number of nitrogens with zero attached hydrogens (tertiary/aromatic N) is 1. The van der Waals surface area contributed by atoms with Crippen LogP contribution >= 0.6 is 35.4 Å². The number of halogens is 1. The van der Waals surface area contributed by atoms with Crippen molar-refractivity contribution in [1.29, 1.82) is 0 Å². The Balaban J connectivity index is 3.26. The Labute approximate surface area is 56.4 Å². The molecule has 0 bridgehead atoms. The molecular weight excluding hydrogens is 212 g/mol. The smallest absolute Gasteiger partial charge is 0.279 e. The van der Waals surface area contributed by atoms with Crippen LogP contribution in [0, 0.1) is 0 Å². The molecule has 0 aromatic heterocycles. The Morgan fingerprint density at radius 2 is 2.17 bits per heavy atom. The predicted molar refractivity (Wildman–Crippen MR) is 36.0 cm³/mol. The summed E-state index contributed by atoms with van der Waals surface area (Å²) in [6.07, 6.45) is 0. The summed E-state index contributed by atoms with van der Waals surface area (Å²) in [7, 11) is 4.78. The second kappa shape index (κ2) is 2.73. The Morgan fingerprint density at radius 3 is 2.17 bits per heavy atom. The molecule has 2 radical (unpaired) electrons. The molecule has 0 aliphatic carbocycles. The number of rotatable bonds is 0. The van der Waals surface area contributed by atoms with Crippen molar-refractivity contribution in [3.8, 4) is 0 Å². The van der Waals surface area contributed by atoms with Gasteiger partial charge in [0.2, 0.25) is 7.98 Å². The van der Waals surface area contributed by atoms with E-state index in [9.17, 15) is 4.79 Å². The zero-order chi connectivity index (χ0) is 5.15. The SMILES string of the molecule is [B]N(S)C(=O)I. The summed E-state index contributed by atoms with van der Waals surface area (Å²) >= 11 is 4.97. The lowest BCUT2D eigenvalue weighted by molar-refractivity contribution is 0.260. The van der Waals surface area contributed by atoms with E-state index in [0.29, 0.717) is 4.22 Å². The fourth-order valence-corrected chi connectivity index (χ4v) is 0. The van der Waals surface area contributed by atoms with Gasteiger partial charge in [0.25, 0.3) is 3.91 Å². The third-order valence-corrected chi connectivity index (χ3v) is 1.26. The first-order valence-corrected chi connectivity index (χ1v) is 2.55. The summed E-state index contributed by atoms with van der Waals surface area (Å²) in [5, 5.41) is 0. The molecule has 0 N–H and O–H groups in total. The number of hydrogen-bond acceptors (Lipinski definition) is 2. The van der Waals surface area contributed by atoms with E-state index in [0.717, 1.165) is 0 Å². The predicted octanol–water partition coefficient (Wildman–Crippen LogP) is 0.772. The molecule has 5 heteroatoms. The highest BCUT2D eigenvalue weighted by Crippen LogP contribution is 1.95. The van der Waals surface area contributed by atoms with Gasteiger partial charge in [0, 0.05) is 22.6 Å². The Bertz CT molecular complexity index is 66.6. The average Bonchev–Trinajstić information content (AvgIpc) is 1.36. The van der Waals surface area contributed by atoms with Crippen LogP contribution in [-0.2, 0) is 0 Å². The van der Waals surface area contributed by atoms with E-state index in [1.165, 1.54) is 22.6 Å². The molecule has 0 saturated carbocycles. The van der Waals surface area contributed by atoms with Gasteiger partial charge >= 0.3 is 0 Å². The normalized spacial score (nSPS) is 7.67. The molecule has 0 unspecified atom stereocenters. The summed E-state index contributed by atoms with van der Waals surface area (Å²) in [6, 6.07) is 0. The van der Waals surface area contributed by atoms with Crippen molar-refractivity contribution in [2.75, 3.05) is 0 Å². The fraction of sp³-hybridized carbons (Fsp3) is 0. The second-order valence-electron chi connectivity index (χ2n) is 0.598. The van der Waals surface area contributed by atoms with E-state index in [1.807, 2.05) is 0 Å². The molecule has 0 fully saturated rings. The molecule has 0 spiro atoms. The van der Waals surface area contributed by atoms with Gasteiger partial charge in [-0.25, -0.2) is 0 Å². The van der Waals surface area contributed by atoms with Crippen LogP contribution in [0.4, 0.5) is 4.79 Å². The molecule has 0 aliphatic rings. The highest BCUT2D eigenvalue weighted by atomic mass is 127. The van der Waals surface area contributed by atoms with Gasteiger partial charge in [0.1, 0.15) is 0 Å². The molecule has 1 amide bonds. The van der Waals surface area contributed by atoms with E-state index in [4.69, 9.17) is 7.98 Å². The van der Waals surface area contributed by atoms with E-state index < -0.39 is 0 Å².